The number of carbonyl (C=O) groups excluding carboxylic acids is 4. The Bertz CT molecular complexity index is 452. The molecule has 0 aromatic rings. The molecule has 0 aliphatic carbocycles. The molecule has 0 aliphatic heterocycles. The second kappa shape index (κ2) is 14.6. The Morgan fingerprint density at radius 3 is 1.11 bits per heavy atom. The number of aliphatic hydroxyl groups is 2. The third kappa shape index (κ3) is 13.4. The fraction of sp³-hybridized carbons (Fsp3) is 0.750. The number of hydrogen-bond acceptors (Lipinski definition) is 10. The van der Waals surface area contributed by atoms with Crippen LogP contribution in [-0.4, -0.2) is 69.2 Å². The number of carboxylic acid groups (broad SMARTS) is 4. The van der Waals surface area contributed by atoms with Crippen LogP contribution in [0.4, 0.5) is 0 Å². The van der Waals surface area contributed by atoms with Crippen molar-refractivity contribution in [2.45, 2.75) is 76.4 Å². The molecule has 0 aliphatic rings. The Hall–Kier alpha value is -1.40. The van der Waals surface area contributed by atoms with Gasteiger partial charge in [-0.15, -0.1) is 0 Å². The number of hydrogen-bond donors (Lipinski definition) is 2. The predicted molar refractivity (Wildman–Crippen MR) is 84.0 cm³/mol. The predicted octanol–water partition coefficient (Wildman–Crippen LogP) is -4.79. The van der Waals surface area contributed by atoms with Gasteiger partial charge in [0.25, 0.3) is 0 Å². The minimum absolute atomic E-state index is 0. The molecule has 10 nitrogen and oxygen atoms in total. The molecule has 0 aromatic carbocycles. The van der Waals surface area contributed by atoms with Crippen LogP contribution in [0.5, 0.6) is 0 Å². The summed E-state index contributed by atoms with van der Waals surface area (Å²) in [6.45, 7) is 3.60. The monoisotopic (exact) mass is 496 g/mol. The summed E-state index contributed by atoms with van der Waals surface area (Å²) in [4.78, 5) is 41.1. The first-order chi connectivity index (χ1) is 11.8. The van der Waals surface area contributed by atoms with E-state index < -0.39 is 47.9 Å². The zero-order valence-electron chi connectivity index (χ0n) is 15.3. The summed E-state index contributed by atoms with van der Waals surface area (Å²) in [6.07, 6.45) is 0.102. The molecule has 2 unspecified atom stereocenters. The van der Waals surface area contributed by atoms with E-state index in [2.05, 4.69) is 0 Å². The number of carboxylic acids is 4. The van der Waals surface area contributed by atoms with Crippen molar-refractivity contribution in [3.63, 3.8) is 0 Å². The van der Waals surface area contributed by atoms with Crippen molar-refractivity contribution in [2.75, 3.05) is 0 Å². The fourth-order valence-electron chi connectivity index (χ4n) is 1.94. The second-order valence-electron chi connectivity index (χ2n) is 5.94. The van der Waals surface area contributed by atoms with Crippen LogP contribution in [0.15, 0.2) is 0 Å². The Balaban J connectivity index is -0.000000411. The van der Waals surface area contributed by atoms with E-state index >= 15 is 0 Å². The summed E-state index contributed by atoms with van der Waals surface area (Å²) in [5.74, 6) is -6.71. The second-order valence-corrected chi connectivity index (χ2v) is 5.94. The van der Waals surface area contributed by atoms with Crippen LogP contribution in [0.1, 0.15) is 65.2 Å². The van der Waals surface area contributed by atoms with Gasteiger partial charge in [-0.25, -0.2) is 0 Å². The largest absolute Gasteiger partial charge is 4.00 e. The standard InChI is InChI=1S/2C8H14O5.Sn/c2*1-2-3-4-8(13,7(11)12)5-6(9)10;/h2*13H,2-5H2,1H3,(H,9,10)(H,11,12);/q;;+4/p-4. The van der Waals surface area contributed by atoms with Crippen molar-refractivity contribution in [2.24, 2.45) is 0 Å². The van der Waals surface area contributed by atoms with Gasteiger partial charge in [-0.05, 0) is 12.8 Å². The van der Waals surface area contributed by atoms with Crippen LogP contribution in [0.3, 0.4) is 0 Å². The van der Waals surface area contributed by atoms with Crippen LogP contribution in [0.2, 0.25) is 0 Å². The quantitative estimate of drug-likeness (QED) is 0.248. The first-order valence-electron chi connectivity index (χ1n) is 8.12. The van der Waals surface area contributed by atoms with E-state index in [1.54, 1.807) is 13.8 Å². The van der Waals surface area contributed by atoms with Gasteiger partial charge < -0.3 is 49.8 Å². The van der Waals surface area contributed by atoms with Gasteiger partial charge in [-0.3, -0.25) is 0 Å². The van der Waals surface area contributed by atoms with Gasteiger partial charge in [-0.1, -0.05) is 39.5 Å². The molecule has 0 fully saturated rings. The van der Waals surface area contributed by atoms with Crippen LogP contribution < -0.4 is 20.4 Å². The molecule has 11 heteroatoms. The Morgan fingerprint density at radius 2 is 0.963 bits per heavy atom. The van der Waals surface area contributed by atoms with E-state index in [0.29, 0.717) is 25.7 Å². The molecular formula is C16H24O10Sn. The van der Waals surface area contributed by atoms with Crippen molar-refractivity contribution < 1.29 is 49.8 Å². The molecule has 2 N–H and O–H groups in total. The fourth-order valence-corrected chi connectivity index (χ4v) is 1.94. The van der Waals surface area contributed by atoms with Gasteiger partial charge in [-0.2, -0.15) is 0 Å². The third-order valence-electron chi connectivity index (χ3n) is 3.52. The van der Waals surface area contributed by atoms with E-state index in [0.717, 1.165) is 0 Å². The van der Waals surface area contributed by atoms with E-state index in [1.807, 2.05) is 0 Å². The van der Waals surface area contributed by atoms with Crippen molar-refractivity contribution in [3.05, 3.63) is 0 Å². The molecular weight excluding hydrogens is 471 g/mol. The Kier molecular flexibility index (Phi) is 16.4. The molecule has 0 saturated heterocycles. The number of aliphatic carboxylic acids is 4. The summed E-state index contributed by atoms with van der Waals surface area (Å²) in [6, 6.07) is 0. The van der Waals surface area contributed by atoms with E-state index in [4.69, 9.17) is 0 Å². The van der Waals surface area contributed by atoms with Crippen molar-refractivity contribution in [3.8, 4) is 0 Å². The van der Waals surface area contributed by atoms with Crippen molar-refractivity contribution in [1.29, 1.82) is 0 Å². The minimum Gasteiger partial charge on any atom is -0.550 e. The molecule has 0 aromatic heterocycles. The van der Waals surface area contributed by atoms with Gasteiger partial charge in [0.1, 0.15) is 11.2 Å². The SMILES string of the molecule is CCCCC(O)(CC(=O)[O-])C(=O)[O-].CCCCC(O)(CC(=O)[O-])C(=O)[O-].[Sn+4]. The zero-order valence-corrected chi connectivity index (χ0v) is 18.2. The smallest absolute Gasteiger partial charge is 0.550 e. The summed E-state index contributed by atoms with van der Waals surface area (Å²) in [7, 11) is 0. The van der Waals surface area contributed by atoms with Crippen LogP contribution in [-0.2, 0) is 19.2 Å². The average molecular weight is 495 g/mol. The van der Waals surface area contributed by atoms with E-state index in [1.165, 1.54) is 0 Å². The number of carbonyl (C=O) groups is 4. The third-order valence-corrected chi connectivity index (χ3v) is 3.52. The molecule has 0 radical (unpaired) electrons. The Labute approximate surface area is 174 Å². The van der Waals surface area contributed by atoms with E-state index in [9.17, 15) is 49.8 Å². The van der Waals surface area contributed by atoms with Crippen molar-refractivity contribution in [1.82, 2.24) is 0 Å². The van der Waals surface area contributed by atoms with Crippen LogP contribution >= 0.6 is 0 Å². The summed E-state index contributed by atoms with van der Waals surface area (Å²) in [5, 5.41) is 59.7. The van der Waals surface area contributed by atoms with E-state index in [-0.39, 0.29) is 36.7 Å². The molecule has 0 rings (SSSR count). The summed E-state index contributed by atoms with van der Waals surface area (Å²) < 4.78 is 0. The molecule has 0 heterocycles. The van der Waals surface area contributed by atoms with Gasteiger partial charge in [0, 0.05) is 24.8 Å². The molecule has 152 valence electrons. The molecule has 27 heavy (non-hydrogen) atoms. The van der Waals surface area contributed by atoms with Gasteiger partial charge in [0.2, 0.25) is 0 Å². The minimum atomic E-state index is -2.28. The average Bonchev–Trinajstić information content (AvgIpc) is 2.50. The first kappa shape index (κ1) is 30.3. The Morgan fingerprint density at radius 1 is 0.704 bits per heavy atom. The first-order valence-corrected chi connectivity index (χ1v) is 8.12. The normalized spacial score (nSPS) is 14.4. The van der Waals surface area contributed by atoms with Crippen LogP contribution in [0.25, 0.3) is 0 Å². The number of rotatable bonds is 12. The molecule has 0 saturated carbocycles. The van der Waals surface area contributed by atoms with Gasteiger partial charge in [0.05, 0.1) is 11.9 Å². The maximum Gasteiger partial charge on any atom is 4.00 e. The maximum atomic E-state index is 10.4. The summed E-state index contributed by atoms with van der Waals surface area (Å²) >= 11 is 0. The topological polar surface area (TPSA) is 201 Å². The van der Waals surface area contributed by atoms with Crippen molar-refractivity contribution >= 4 is 47.8 Å². The molecule has 0 spiro atoms. The number of unbranched alkanes of at least 4 members (excludes halogenated alkanes) is 2. The van der Waals surface area contributed by atoms with Crippen LogP contribution in [0, 0.1) is 0 Å². The molecule has 0 bridgehead atoms. The maximum absolute atomic E-state index is 10.4. The van der Waals surface area contributed by atoms with Gasteiger partial charge >= 0.3 is 23.9 Å². The summed E-state index contributed by atoms with van der Waals surface area (Å²) in [5.41, 5.74) is -4.57. The molecule has 0 amide bonds. The zero-order chi connectivity index (χ0) is 21.0. The van der Waals surface area contributed by atoms with Gasteiger partial charge in [0.15, 0.2) is 0 Å². The molecule has 2 atom stereocenters.